The predicted octanol–water partition coefficient (Wildman–Crippen LogP) is 2.45. The summed E-state index contributed by atoms with van der Waals surface area (Å²) < 4.78 is 5.05. The van der Waals surface area contributed by atoms with Crippen LogP contribution in [0.1, 0.15) is 26.3 Å². The smallest absolute Gasteiger partial charge is 0.330 e. The fourth-order valence-corrected chi connectivity index (χ4v) is 1.13. The van der Waals surface area contributed by atoms with Crippen LogP contribution in [0.5, 0.6) is 0 Å². The average Bonchev–Trinajstić information content (AvgIpc) is 2.26. The summed E-state index contributed by atoms with van der Waals surface area (Å²) in [5.41, 5.74) is 0.978. The lowest BCUT2D eigenvalue weighted by atomic mass is 10.2. The van der Waals surface area contributed by atoms with Crippen LogP contribution in [0.15, 0.2) is 35.3 Å². The number of nitrogens with zero attached hydrogens (tertiary/aromatic N) is 1. The Morgan fingerprint density at radius 3 is 2.44 bits per heavy atom. The van der Waals surface area contributed by atoms with Crippen molar-refractivity contribution < 1.29 is 9.53 Å². The van der Waals surface area contributed by atoms with Crippen molar-refractivity contribution in [2.45, 2.75) is 32.9 Å². The third-order valence-corrected chi connectivity index (χ3v) is 1.94. The van der Waals surface area contributed by atoms with Gasteiger partial charge >= 0.3 is 5.97 Å². The molecule has 0 aliphatic carbocycles. The molecule has 1 atom stereocenters. The molecule has 0 radical (unpaired) electrons. The molecule has 0 spiro atoms. The Morgan fingerprint density at radius 1 is 1.25 bits per heavy atom. The Morgan fingerprint density at radius 2 is 1.88 bits per heavy atom. The Balaban J connectivity index is 2.54. The monoisotopic (exact) mass is 219 g/mol. The molecule has 0 saturated carbocycles. The van der Waals surface area contributed by atoms with E-state index in [0.29, 0.717) is 0 Å². The quantitative estimate of drug-likeness (QED) is 0.576. The summed E-state index contributed by atoms with van der Waals surface area (Å²) in [5.74, 6) is -0.290. The molecule has 0 aliphatic heterocycles. The molecule has 1 rings (SSSR count). The zero-order valence-corrected chi connectivity index (χ0v) is 9.88. The second-order valence-electron chi connectivity index (χ2n) is 3.85. The van der Waals surface area contributed by atoms with Crippen LogP contribution in [0.3, 0.4) is 0 Å². The summed E-state index contributed by atoms with van der Waals surface area (Å²) in [6.45, 7) is 5.38. The van der Waals surface area contributed by atoms with Crippen LogP contribution in [-0.2, 0) is 9.53 Å². The first-order chi connectivity index (χ1) is 7.59. The van der Waals surface area contributed by atoms with Gasteiger partial charge < -0.3 is 4.74 Å². The zero-order valence-electron chi connectivity index (χ0n) is 9.88. The van der Waals surface area contributed by atoms with Crippen molar-refractivity contribution in [1.82, 2.24) is 0 Å². The maximum absolute atomic E-state index is 11.4. The van der Waals surface area contributed by atoms with Crippen molar-refractivity contribution in [3.05, 3.63) is 35.9 Å². The summed E-state index contributed by atoms with van der Waals surface area (Å²) in [6, 6.07) is 9.21. The van der Waals surface area contributed by atoms with Gasteiger partial charge in [-0.05, 0) is 26.3 Å². The number of rotatable bonds is 4. The Hall–Kier alpha value is -1.64. The molecule has 0 aliphatic rings. The summed E-state index contributed by atoms with van der Waals surface area (Å²) >= 11 is 0. The van der Waals surface area contributed by atoms with E-state index in [1.54, 1.807) is 13.1 Å². The SMILES string of the molecule is CC(C)OC(=O)C(C)/N=C/c1ccccc1. The largest absolute Gasteiger partial charge is 0.461 e. The highest BCUT2D eigenvalue weighted by atomic mass is 16.5. The van der Waals surface area contributed by atoms with E-state index < -0.39 is 6.04 Å². The number of benzene rings is 1. The second-order valence-corrected chi connectivity index (χ2v) is 3.85. The van der Waals surface area contributed by atoms with Gasteiger partial charge in [-0.25, -0.2) is 4.79 Å². The minimum atomic E-state index is -0.456. The number of hydrogen-bond donors (Lipinski definition) is 0. The number of esters is 1. The van der Waals surface area contributed by atoms with E-state index in [0.717, 1.165) is 5.56 Å². The average molecular weight is 219 g/mol. The van der Waals surface area contributed by atoms with E-state index in [2.05, 4.69) is 4.99 Å². The number of hydrogen-bond acceptors (Lipinski definition) is 3. The zero-order chi connectivity index (χ0) is 12.0. The number of aliphatic imine (C=N–C) groups is 1. The lowest BCUT2D eigenvalue weighted by Crippen LogP contribution is -2.21. The maximum atomic E-state index is 11.4. The van der Waals surface area contributed by atoms with E-state index in [4.69, 9.17) is 4.74 Å². The van der Waals surface area contributed by atoms with Gasteiger partial charge in [-0.3, -0.25) is 4.99 Å². The van der Waals surface area contributed by atoms with Crippen molar-refractivity contribution in [3.8, 4) is 0 Å². The Kier molecular flexibility index (Phi) is 4.70. The first-order valence-corrected chi connectivity index (χ1v) is 5.38. The first kappa shape index (κ1) is 12.4. The molecule has 1 aromatic carbocycles. The van der Waals surface area contributed by atoms with Gasteiger partial charge in [-0.1, -0.05) is 30.3 Å². The molecule has 3 heteroatoms. The van der Waals surface area contributed by atoms with Gasteiger partial charge in [-0.15, -0.1) is 0 Å². The van der Waals surface area contributed by atoms with Crippen LogP contribution >= 0.6 is 0 Å². The molecule has 1 unspecified atom stereocenters. The Labute approximate surface area is 96.2 Å². The molecular formula is C13H17NO2. The van der Waals surface area contributed by atoms with Gasteiger partial charge in [0.1, 0.15) is 6.04 Å². The van der Waals surface area contributed by atoms with Gasteiger partial charge in [0.05, 0.1) is 6.10 Å². The molecule has 0 aromatic heterocycles. The molecule has 0 amide bonds. The maximum Gasteiger partial charge on any atom is 0.330 e. The van der Waals surface area contributed by atoms with Gasteiger partial charge in [-0.2, -0.15) is 0 Å². The standard InChI is InChI=1S/C13H17NO2/c1-10(2)16-13(15)11(3)14-9-12-7-5-4-6-8-12/h4-11H,1-3H3/b14-9+. The molecule has 0 heterocycles. The van der Waals surface area contributed by atoms with Gasteiger partial charge in [0.25, 0.3) is 0 Å². The van der Waals surface area contributed by atoms with Crippen LogP contribution in [0.25, 0.3) is 0 Å². The second kappa shape index (κ2) is 6.05. The highest BCUT2D eigenvalue weighted by Gasteiger charge is 2.13. The molecule has 0 fully saturated rings. The third-order valence-electron chi connectivity index (χ3n) is 1.94. The number of carbonyl (C=O) groups is 1. The van der Waals surface area contributed by atoms with E-state index in [1.807, 2.05) is 44.2 Å². The molecule has 0 N–H and O–H groups in total. The van der Waals surface area contributed by atoms with Gasteiger partial charge in [0.15, 0.2) is 0 Å². The topological polar surface area (TPSA) is 38.7 Å². The van der Waals surface area contributed by atoms with Crippen molar-refractivity contribution in [2.75, 3.05) is 0 Å². The van der Waals surface area contributed by atoms with E-state index >= 15 is 0 Å². The third kappa shape index (κ3) is 4.26. The molecule has 3 nitrogen and oxygen atoms in total. The minimum Gasteiger partial charge on any atom is -0.461 e. The van der Waals surface area contributed by atoms with Crippen LogP contribution in [0.4, 0.5) is 0 Å². The Bertz CT molecular complexity index is 357. The summed E-state index contributed by atoms with van der Waals surface area (Å²) in [7, 11) is 0. The first-order valence-electron chi connectivity index (χ1n) is 5.38. The molecule has 0 saturated heterocycles. The van der Waals surface area contributed by atoms with Crippen LogP contribution in [-0.4, -0.2) is 24.3 Å². The molecule has 0 bridgehead atoms. The van der Waals surface area contributed by atoms with E-state index in [-0.39, 0.29) is 12.1 Å². The van der Waals surface area contributed by atoms with Gasteiger partial charge in [0, 0.05) is 6.21 Å². The van der Waals surface area contributed by atoms with Gasteiger partial charge in [0.2, 0.25) is 0 Å². The minimum absolute atomic E-state index is 0.0955. The molecular weight excluding hydrogens is 202 g/mol. The fourth-order valence-electron chi connectivity index (χ4n) is 1.13. The highest BCUT2D eigenvalue weighted by molar-refractivity contribution is 5.83. The van der Waals surface area contributed by atoms with Crippen molar-refractivity contribution in [1.29, 1.82) is 0 Å². The van der Waals surface area contributed by atoms with Crippen molar-refractivity contribution in [2.24, 2.45) is 4.99 Å². The van der Waals surface area contributed by atoms with Crippen LogP contribution in [0.2, 0.25) is 0 Å². The summed E-state index contributed by atoms with van der Waals surface area (Å²) in [5, 5.41) is 0. The highest BCUT2D eigenvalue weighted by Crippen LogP contribution is 2.00. The molecule has 86 valence electrons. The van der Waals surface area contributed by atoms with Crippen molar-refractivity contribution in [3.63, 3.8) is 0 Å². The summed E-state index contributed by atoms with van der Waals surface area (Å²) in [4.78, 5) is 15.6. The number of ether oxygens (including phenoxy) is 1. The number of carbonyl (C=O) groups excluding carboxylic acids is 1. The normalized spacial score (nSPS) is 13.0. The predicted molar refractivity (Wildman–Crippen MR) is 64.7 cm³/mol. The lowest BCUT2D eigenvalue weighted by Gasteiger charge is -2.10. The van der Waals surface area contributed by atoms with E-state index in [1.165, 1.54) is 0 Å². The summed E-state index contributed by atoms with van der Waals surface area (Å²) in [6.07, 6.45) is 1.59. The van der Waals surface area contributed by atoms with Crippen LogP contribution in [0, 0.1) is 0 Å². The molecule has 1 aromatic rings. The van der Waals surface area contributed by atoms with Crippen LogP contribution < -0.4 is 0 Å². The fraction of sp³-hybridized carbons (Fsp3) is 0.385. The molecule has 16 heavy (non-hydrogen) atoms. The van der Waals surface area contributed by atoms with Crippen molar-refractivity contribution >= 4 is 12.2 Å². The lowest BCUT2D eigenvalue weighted by molar-refractivity contribution is -0.148. The van der Waals surface area contributed by atoms with E-state index in [9.17, 15) is 4.79 Å².